The Morgan fingerprint density at radius 3 is 2.54 bits per heavy atom. The molecule has 7 rings (SSSR count). The largest absolute Gasteiger partial charge is 0.416 e. The quantitative estimate of drug-likeness (QED) is 0.357. The van der Waals surface area contributed by atoms with E-state index in [1.807, 2.05) is 36.7 Å². The lowest BCUT2D eigenvalue weighted by Gasteiger charge is -2.51. The molecular formula is C35H37F3N6O2. The average Bonchev–Trinajstić information content (AvgIpc) is 3.71. The Kier molecular flexibility index (Phi) is 7.09. The van der Waals surface area contributed by atoms with Crippen molar-refractivity contribution in [2.45, 2.75) is 64.2 Å². The van der Waals surface area contributed by atoms with Crippen molar-refractivity contribution in [1.29, 1.82) is 0 Å². The summed E-state index contributed by atoms with van der Waals surface area (Å²) >= 11 is 0. The van der Waals surface area contributed by atoms with Gasteiger partial charge in [0.2, 0.25) is 0 Å². The lowest BCUT2D eigenvalue weighted by atomic mass is 9.58. The van der Waals surface area contributed by atoms with Crippen LogP contribution in [0.1, 0.15) is 84.5 Å². The van der Waals surface area contributed by atoms with Gasteiger partial charge in [-0.25, -0.2) is 0 Å². The normalized spacial score (nSPS) is 24.3. The molecule has 0 radical (unpaired) electrons. The lowest BCUT2D eigenvalue weighted by Crippen LogP contribution is -2.58. The summed E-state index contributed by atoms with van der Waals surface area (Å²) in [6.45, 7) is 8.15. The van der Waals surface area contributed by atoms with Crippen LogP contribution in [0.25, 0.3) is 0 Å². The van der Waals surface area contributed by atoms with Crippen LogP contribution in [-0.2, 0) is 30.0 Å². The van der Waals surface area contributed by atoms with E-state index in [9.17, 15) is 22.8 Å². The molecule has 3 aliphatic heterocycles. The van der Waals surface area contributed by atoms with Gasteiger partial charge in [-0.1, -0.05) is 25.0 Å². The Balaban J connectivity index is 1.16. The minimum atomic E-state index is -4.61. The summed E-state index contributed by atoms with van der Waals surface area (Å²) in [6, 6.07) is 10.2. The number of amides is 2. The first-order valence-electron chi connectivity index (χ1n) is 15.8. The van der Waals surface area contributed by atoms with E-state index in [4.69, 9.17) is 0 Å². The predicted octanol–water partition coefficient (Wildman–Crippen LogP) is 5.33. The van der Waals surface area contributed by atoms with E-state index in [2.05, 4.69) is 33.9 Å². The highest BCUT2D eigenvalue weighted by atomic mass is 19.4. The van der Waals surface area contributed by atoms with E-state index in [0.29, 0.717) is 43.3 Å². The number of aryl methyl sites for hydroxylation is 1. The lowest BCUT2D eigenvalue weighted by molar-refractivity contribution is -0.138. The van der Waals surface area contributed by atoms with Gasteiger partial charge in [0.05, 0.1) is 17.5 Å². The fourth-order valence-corrected chi connectivity index (χ4v) is 8.35. The summed E-state index contributed by atoms with van der Waals surface area (Å²) in [7, 11) is 1.91. The molecule has 1 spiro atoms. The van der Waals surface area contributed by atoms with E-state index < -0.39 is 17.6 Å². The maximum absolute atomic E-state index is 14.6. The van der Waals surface area contributed by atoms with Crippen molar-refractivity contribution in [3.63, 3.8) is 0 Å². The van der Waals surface area contributed by atoms with Crippen molar-refractivity contribution in [2.24, 2.45) is 18.4 Å². The van der Waals surface area contributed by atoms with Crippen LogP contribution >= 0.6 is 0 Å². The molecule has 8 nitrogen and oxygen atoms in total. The van der Waals surface area contributed by atoms with E-state index >= 15 is 0 Å². The van der Waals surface area contributed by atoms with Crippen molar-refractivity contribution in [2.75, 3.05) is 31.1 Å². The number of carbonyl (C=O) groups is 2. The minimum absolute atomic E-state index is 0.0150. The molecule has 1 saturated carbocycles. The zero-order chi connectivity index (χ0) is 32.6. The second kappa shape index (κ2) is 10.7. The summed E-state index contributed by atoms with van der Waals surface area (Å²) in [6.07, 6.45) is -0.355. The van der Waals surface area contributed by atoms with Crippen LogP contribution in [0.15, 0.2) is 42.7 Å². The Labute approximate surface area is 266 Å². The number of aromatic nitrogens is 3. The van der Waals surface area contributed by atoms with E-state index in [0.717, 1.165) is 30.7 Å². The zero-order valence-corrected chi connectivity index (χ0v) is 26.5. The molecule has 0 unspecified atom stereocenters. The Morgan fingerprint density at radius 1 is 1.13 bits per heavy atom. The maximum Gasteiger partial charge on any atom is 0.416 e. The highest BCUT2D eigenvalue weighted by Crippen LogP contribution is 2.52. The molecular weight excluding hydrogens is 593 g/mol. The monoisotopic (exact) mass is 630 g/mol. The van der Waals surface area contributed by atoms with Crippen LogP contribution in [0, 0.1) is 23.2 Å². The number of carbonyl (C=O) groups excluding carboxylic acids is 2. The van der Waals surface area contributed by atoms with Gasteiger partial charge in [-0.2, -0.15) is 13.2 Å². The molecule has 2 aromatic carbocycles. The van der Waals surface area contributed by atoms with E-state index in [1.165, 1.54) is 11.0 Å². The molecule has 1 atom stereocenters. The van der Waals surface area contributed by atoms with Crippen LogP contribution in [-0.4, -0.2) is 62.6 Å². The second-order valence-electron chi connectivity index (χ2n) is 13.8. The van der Waals surface area contributed by atoms with Crippen molar-refractivity contribution >= 4 is 17.5 Å². The molecule has 2 saturated heterocycles. The summed E-state index contributed by atoms with van der Waals surface area (Å²) in [4.78, 5) is 31.5. The highest BCUT2D eigenvalue weighted by molar-refractivity contribution is 6.10. The first kappa shape index (κ1) is 30.5. The number of hydrogen-bond donors (Lipinski definition) is 0. The zero-order valence-electron chi connectivity index (χ0n) is 26.5. The second-order valence-corrected chi connectivity index (χ2v) is 13.8. The summed E-state index contributed by atoms with van der Waals surface area (Å²) < 4.78 is 45.6. The maximum atomic E-state index is 14.6. The van der Waals surface area contributed by atoms with Crippen molar-refractivity contribution in [1.82, 2.24) is 24.6 Å². The fraction of sp³-hybridized carbons (Fsp3) is 0.486. The van der Waals surface area contributed by atoms with Crippen LogP contribution < -0.4 is 4.90 Å². The van der Waals surface area contributed by atoms with Gasteiger partial charge in [-0.05, 0) is 85.9 Å². The van der Waals surface area contributed by atoms with E-state index in [-0.39, 0.29) is 40.5 Å². The molecule has 1 aliphatic carbocycles. The van der Waals surface area contributed by atoms with Crippen LogP contribution in [0.2, 0.25) is 0 Å². The molecule has 2 amide bonds. The van der Waals surface area contributed by atoms with Gasteiger partial charge in [0, 0.05) is 55.9 Å². The Hall–Kier alpha value is -4.17. The van der Waals surface area contributed by atoms with Crippen molar-refractivity contribution in [3.8, 4) is 11.8 Å². The number of likely N-dealkylation sites (tertiary alicyclic amines) is 2. The molecule has 11 heteroatoms. The molecule has 0 N–H and O–H groups in total. The first-order chi connectivity index (χ1) is 21.8. The molecule has 46 heavy (non-hydrogen) atoms. The SMILES string of the molecule is CC#CC(=O)N1CCC2(C1)CN([C@@H](C)c1cc3c(c(C(F)(F)F)c1)CN(c1cccc(C4(c5nncn5C)CC(C)C4)c1)C3=O)C2. The minimum Gasteiger partial charge on any atom is -0.331 e. The molecule has 4 aliphatic rings. The highest BCUT2D eigenvalue weighted by Gasteiger charge is 2.51. The van der Waals surface area contributed by atoms with Crippen molar-refractivity contribution in [3.05, 3.63) is 76.4 Å². The number of hydrogen-bond acceptors (Lipinski definition) is 5. The summed E-state index contributed by atoms with van der Waals surface area (Å²) in [5, 5.41) is 8.50. The first-order valence-corrected chi connectivity index (χ1v) is 15.8. The number of fused-ring (bicyclic) bond motifs is 1. The van der Waals surface area contributed by atoms with Crippen LogP contribution in [0.3, 0.4) is 0 Å². The number of anilines is 1. The van der Waals surface area contributed by atoms with Crippen LogP contribution in [0.4, 0.5) is 18.9 Å². The number of nitrogens with zero attached hydrogens (tertiary/aromatic N) is 6. The molecule has 3 fully saturated rings. The van der Waals surface area contributed by atoms with Gasteiger partial charge < -0.3 is 14.4 Å². The number of alkyl halides is 3. The molecule has 4 heterocycles. The molecule has 0 bridgehead atoms. The number of benzene rings is 2. The Bertz CT molecular complexity index is 1790. The van der Waals surface area contributed by atoms with Crippen LogP contribution in [0.5, 0.6) is 0 Å². The van der Waals surface area contributed by atoms with Gasteiger partial charge >= 0.3 is 6.18 Å². The number of halogens is 3. The Morgan fingerprint density at radius 2 is 1.89 bits per heavy atom. The molecule has 1 aromatic heterocycles. The molecule has 240 valence electrons. The van der Waals surface area contributed by atoms with Gasteiger partial charge in [0.1, 0.15) is 12.2 Å². The van der Waals surface area contributed by atoms with E-state index in [1.54, 1.807) is 30.3 Å². The third kappa shape index (κ3) is 4.80. The number of rotatable bonds is 5. The van der Waals surface area contributed by atoms with Crippen molar-refractivity contribution < 1.29 is 22.8 Å². The van der Waals surface area contributed by atoms with Gasteiger partial charge in [-0.15, -0.1) is 10.2 Å². The third-order valence-electron chi connectivity index (χ3n) is 10.7. The summed E-state index contributed by atoms with van der Waals surface area (Å²) in [5.74, 6) is 5.97. The predicted molar refractivity (Wildman–Crippen MR) is 166 cm³/mol. The summed E-state index contributed by atoms with van der Waals surface area (Å²) in [5.41, 5.74) is 0.952. The molecule has 3 aromatic rings. The third-order valence-corrected chi connectivity index (χ3v) is 10.7. The fourth-order valence-electron chi connectivity index (χ4n) is 8.35. The standard InChI is InChI=1S/C35H37F3N6O2/c1-5-7-30(45)42-11-10-33(18-42)19-43(20-33)23(3)24-12-27-28(29(13-24)35(36,37)38)17-44(31(27)46)26-9-6-8-25(14-26)34(15-22(2)16-34)32-40-39-21-41(32)4/h6,8-9,12-14,21-23H,10-11,15-20H2,1-4H3/t22?,23-,34?/m0/s1. The topological polar surface area (TPSA) is 74.6 Å². The average molecular weight is 631 g/mol. The van der Waals surface area contributed by atoms with Gasteiger partial charge in [0.15, 0.2) is 0 Å². The van der Waals surface area contributed by atoms with Gasteiger partial charge in [-0.3, -0.25) is 14.5 Å². The van der Waals surface area contributed by atoms with Gasteiger partial charge in [0.25, 0.3) is 11.8 Å². The smallest absolute Gasteiger partial charge is 0.331 e.